The second-order valence-electron chi connectivity index (χ2n) is 4.96. The number of halogens is 4. The van der Waals surface area contributed by atoms with Gasteiger partial charge >= 0.3 is 6.18 Å². The molecule has 0 bridgehead atoms. The van der Waals surface area contributed by atoms with Gasteiger partial charge in [-0.05, 0) is 50.4 Å². The first-order valence-corrected chi connectivity index (χ1v) is 5.80. The standard InChI is InChI=1S/C13H16F3N.ClH/c1-12(7-2-8-17-12)9-10-3-5-11(6-4-10)13(14,15)16;/h3-6,17H,2,7-9H2,1H3;1H. The second kappa shape index (κ2) is 5.49. The Hall–Kier alpha value is -0.740. The van der Waals surface area contributed by atoms with Crippen LogP contribution in [0.3, 0.4) is 0 Å². The topological polar surface area (TPSA) is 12.0 Å². The Bertz CT molecular complexity index is 380. The molecule has 0 aromatic heterocycles. The summed E-state index contributed by atoms with van der Waals surface area (Å²) in [6, 6.07) is 5.48. The maximum Gasteiger partial charge on any atom is 0.416 e. The molecule has 1 fully saturated rings. The van der Waals surface area contributed by atoms with Crippen LogP contribution >= 0.6 is 12.4 Å². The monoisotopic (exact) mass is 279 g/mol. The predicted octanol–water partition coefficient (Wildman–Crippen LogP) is 3.81. The molecule has 102 valence electrons. The summed E-state index contributed by atoms with van der Waals surface area (Å²) in [5.74, 6) is 0. The molecule has 0 aliphatic carbocycles. The summed E-state index contributed by atoms with van der Waals surface area (Å²) in [6.45, 7) is 3.12. The Labute approximate surface area is 111 Å². The number of rotatable bonds is 2. The van der Waals surface area contributed by atoms with Crippen LogP contribution in [-0.4, -0.2) is 12.1 Å². The van der Waals surface area contributed by atoms with E-state index in [1.807, 2.05) is 0 Å². The van der Waals surface area contributed by atoms with Gasteiger partial charge in [-0.15, -0.1) is 12.4 Å². The minimum Gasteiger partial charge on any atom is -0.311 e. The van der Waals surface area contributed by atoms with Crippen molar-refractivity contribution in [3.8, 4) is 0 Å². The fraction of sp³-hybridized carbons (Fsp3) is 0.538. The highest BCUT2D eigenvalue weighted by Gasteiger charge is 2.31. The van der Waals surface area contributed by atoms with Gasteiger partial charge in [-0.1, -0.05) is 12.1 Å². The van der Waals surface area contributed by atoms with Gasteiger partial charge in [0.1, 0.15) is 0 Å². The molecule has 0 saturated carbocycles. The molecule has 1 N–H and O–H groups in total. The highest BCUT2D eigenvalue weighted by Crippen LogP contribution is 2.30. The van der Waals surface area contributed by atoms with Gasteiger partial charge in [-0.3, -0.25) is 0 Å². The molecule has 1 nitrogen and oxygen atoms in total. The lowest BCUT2D eigenvalue weighted by molar-refractivity contribution is -0.137. The van der Waals surface area contributed by atoms with E-state index in [0.29, 0.717) is 0 Å². The quantitative estimate of drug-likeness (QED) is 0.868. The van der Waals surface area contributed by atoms with Crippen molar-refractivity contribution in [2.24, 2.45) is 0 Å². The average molecular weight is 280 g/mol. The summed E-state index contributed by atoms with van der Waals surface area (Å²) in [6.07, 6.45) is -1.25. The van der Waals surface area contributed by atoms with E-state index in [2.05, 4.69) is 12.2 Å². The van der Waals surface area contributed by atoms with E-state index >= 15 is 0 Å². The third-order valence-electron chi connectivity index (χ3n) is 3.33. The molecule has 5 heteroatoms. The summed E-state index contributed by atoms with van der Waals surface area (Å²) in [4.78, 5) is 0. The average Bonchev–Trinajstić information content (AvgIpc) is 2.64. The van der Waals surface area contributed by atoms with E-state index in [0.717, 1.165) is 43.5 Å². The van der Waals surface area contributed by atoms with Crippen molar-refractivity contribution in [3.05, 3.63) is 35.4 Å². The van der Waals surface area contributed by atoms with Crippen LogP contribution < -0.4 is 5.32 Å². The minimum absolute atomic E-state index is 0. The number of benzene rings is 1. The molecule has 2 rings (SSSR count). The highest BCUT2D eigenvalue weighted by molar-refractivity contribution is 5.85. The van der Waals surface area contributed by atoms with Gasteiger partial charge in [0.2, 0.25) is 0 Å². The van der Waals surface area contributed by atoms with Crippen LogP contribution in [0.5, 0.6) is 0 Å². The lowest BCUT2D eigenvalue weighted by Gasteiger charge is -2.24. The van der Waals surface area contributed by atoms with Crippen LogP contribution in [-0.2, 0) is 12.6 Å². The summed E-state index contributed by atoms with van der Waals surface area (Å²) in [5.41, 5.74) is 0.417. The molecule has 0 amide bonds. The Balaban J connectivity index is 0.00000162. The van der Waals surface area contributed by atoms with Crippen LogP contribution in [0.25, 0.3) is 0 Å². The molecule has 0 radical (unpaired) electrons. The number of hydrogen-bond acceptors (Lipinski definition) is 1. The van der Waals surface area contributed by atoms with Crippen LogP contribution in [0.4, 0.5) is 13.2 Å². The molecule has 1 atom stereocenters. The fourth-order valence-electron chi connectivity index (χ4n) is 2.37. The molecule has 1 aromatic rings. The van der Waals surface area contributed by atoms with Crippen LogP contribution in [0.1, 0.15) is 30.9 Å². The molecule has 1 unspecified atom stereocenters. The first-order valence-electron chi connectivity index (χ1n) is 5.80. The van der Waals surface area contributed by atoms with Crippen molar-refractivity contribution in [1.82, 2.24) is 5.32 Å². The third kappa shape index (κ3) is 3.62. The van der Waals surface area contributed by atoms with E-state index < -0.39 is 11.7 Å². The fourth-order valence-corrected chi connectivity index (χ4v) is 2.37. The van der Waals surface area contributed by atoms with Crippen LogP contribution in [0, 0.1) is 0 Å². The summed E-state index contributed by atoms with van der Waals surface area (Å²) < 4.78 is 37.2. The molecule has 1 aromatic carbocycles. The van der Waals surface area contributed by atoms with Crippen LogP contribution in [0.15, 0.2) is 24.3 Å². The van der Waals surface area contributed by atoms with E-state index in [4.69, 9.17) is 0 Å². The van der Waals surface area contributed by atoms with Crippen molar-refractivity contribution in [2.45, 2.75) is 37.9 Å². The van der Waals surface area contributed by atoms with Crippen molar-refractivity contribution in [3.63, 3.8) is 0 Å². The van der Waals surface area contributed by atoms with Crippen molar-refractivity contribution in [2.75, 3.05) is 6.54 Å². The van der Waals surface area contributed by atoms with E-state index in [-0.39, 0.29) is 17.9 Å². The number of hydrogen-bond donors (Lipinski definition) is 1. The SMILES string of the molecule is CC1(Cc2ccc(C(F)(F)F)cc2)CCCN1.Cl. The number of alkyl halides is 3. The van der Waals surface area contributed by atoms with Crippen molar-refractivity contribution >= 4 is 12.4 Å². The lowest BCUT2D eigenvalue weighted by Crippen LogP contribution is -2.38. The summed E-state index contributed by atoms with van der Waals surface area (Å²) in [5, 5.41) is 3.40. The Morgan fingerprint density at radius 3 is 2.28 bits per heavy atom. The molecular weight excluding hydrogens is 263 g/mol. The zero-order valence-corrected chi connectivity index (χ0v) is 11.0. The first-order chi connectivity index (χ1) is 7.89. The highest BCUT2D eigenvalue weighted by atomic mass is 35.5. The maximum atomic E-state index is 12.4. The maximum absolute atomic E-state index is 12.4. The minimum atomic E-state index is -4.24. The zero-order valence-electron chi connectivity index (χ0n) is 10.2. The summed E-state index contributed by atoms with van der Waals surface area (Å²) in [7, 11) is 0. The van der Waals surface area contributed by atoms with Gasteiger partial charge in [0.15, 0.2) is 0 Å². The smallest absolute Gasteiger partial charge is 0.311 e. The van der Waals surface area contributed by atoms with Gasteiger partial charge in [-0.25, -0.2) is 0 Å². The third-order valence-corrected chi connectivity index (χ3v) is 3.33. The van der Waals surface area contributed by atoms with Gasteiger partial charge < -0.3 is 5.32 Å². The first kappa shape index (κ1) is 15.3. The summed E-state index contributed by atoms with van der Waals surface area (Å²) >= 11 is 0. The van der Waals surface area contributed by atoms with E-state index in [9.17, 15) is 13.2 Å². The Kier molecular flexibility index (Phi) is 4.67. The van der Waals surface area contributed by atoms with Gasteiger partial charge in [0, 0.05) is 5.54 Å². The van der Waals surface area contributed by atoms with Gasteiger partial charge in [0.05, 0.1) is 5.56 Å². The number of nitrogens with one attached hydrogen (secondary N) is 1. The Morgan fingerprint density at radius 1 is 1.22 bits per heavy atom. The molecule has 1 aliphatic rings. The normalized spacial score (nSPS) is 23.8. The van der Waals surface area contributed by atoms with Gasteiger partial charge in [0.25, 0.3) is 0 Å². The zero-order chi connectivity index (χ0) is 12.5. The molecule has 1 aliphatic heterocycles. The van der Waals surface area contributed by atoms with Crippen molar-refractivity contribution in [1.29, 1.82) is 0 Å². The molecular formula is C13H17ClF3N. The van der Waals surface area contributed by atoms with Crippen LogP contribution in [0.2, 0.25) is 0 Å². The Morgan fingerprint density at radius 2 is 1.83 bits per heavy atom. The van der Waals surface area contributed by atoms with Gasteiger partial charge in [-0.2, -0.15) is 13.2 Å². The molecule has 18 heavy (non-hydrogen) atoms. The lowest BCUT2D eigenvalue weighted by atomic mass is 9.91. The van der Waals surface area contributed by atoms with E-state index in [1.54, 1.807) is 12.1 Å². The molecule has 1 heterocycles. The largest absolute Gasteiger partial charge is 0.416 e. The second-order valence-corrected chi connectivity index (χ2v) is 4.96. The molecule has 0 spiro atoms. The molecule has 1 saturated heterocycles. The van der Waals surface area contributed by atoms with Crippen molar-refractivity contribution < 1.29 is 13.2 Å². The van der Waals surface area contributed by atoms with E-state index in [1.165, 1.54) is 0 Å². The predicted molar refractivity (Wildman–Crippen MR) is 68.0 cm³/mol.